The number of rotatable bonds is 4. The Bertz CT molecular complexity index is 121. The third-order valence-electron chi connectivity index (χ3n) is 2.01. The highest BCUT2D eigenvalue weighted by molar-refractivity contribution is 5.01. The summed E-state index contributed by atoms with van der Waals surface area (Å²) in [7, 11) is 0. The van der Waals surface area contributed by atoms with E-state index in [-0.39, 0.29) is 0 Å². The van der Waals surface area contributed by atoms with Crippen LogP contribution in [0.15, 0.2) is 24.8 Å². The average molecular weight is 152 g/mol. The SMILES string of the molecule is C=CC=CC(C(C)C)C(C)C. The van der Waals surface area contributed by atoms with Crippen LogP contribution in [0.5, 0.6) is 0 Å². The number of hydrogen-bond donors (Lipinski definition) is 0. The van der Waals surface area contributed by atoms with Crippen molar-refractivity contribution in [3.63, 3.8) is 0 Å². The molecule has 0 aliphatic carbocycles. The summed E-state index contributed by atoms with van der Waals surface area (Å²) >= 11 is 0. The quantitative estimate of drug-likeness (QED) is 0.539. The molecule has 0 unspecified atom stereocenters. The first-order chi connectivity index (χ1) is 5.09. The second-order valence-electron chi connectivity index (χ2n) is 3.69. The molecule has 0 saturated carbocycles. The second-order valence-corrected chi connectivity index (χ2v) is 3.69. The third-order valence-corrected chi connectivity index (χ3v) is 2.01. The van der Waals surface area contributed by atoms with E-state index in [1.165, 1.54) is 0 Å². The summed E-state index contributed by atoms with van der Waals surface area (Å²) in [5.41, 5.74) is 0. The molecule has 0 nitrogen and oxygen atoms in total. The molecule has 11 heavy (non-hydrogen) atoms. The van der Waals surface area contributed by atoms with Gasteiger partial charge in [0.05, 0.1) is 0 Å². The summed E-state index contributed by atoms with van der Waals surface area (Å²) < 4.78 is 0. The van der Waals surface area contributed by atoms with Crippen LogP contribution < -0.4 is 0 Å². The Morgan fingerprint density at radius 1 is 1.00 bits per heavy atom. The van der Waals surface area contributed by atoms with E-state index >= 15 is 0 Å². The molecular formula is C11H20. The van der Waals surface area contributed by atoms with E-state index in [1.807, 2.05) is 12.2 Å². The van der Waals surface area contributed by atoms with Gasteiger partial charge < -0.3 is 0 Å². The fourth-order valence-electron chi connectivity index (χ4n) is 1.42. The lowest BCUT2D eigenvalue weighted by atomic mass is 9.85. The molecule has 0 bridgehead atoms. The fourth-order valence-corrected chi connectivity index (χ4v) is 1.42. The van der Waals surface area contributed by atoms with Gasteiger partial charge in [-0.15, -0.1) is 0 Å². The van der Waals surface area contributed by atoms with Gasteiger partial charge in [-0.2, -0.15) is 0 Å². The Morgan fingerprint density at radius 2 is 1.45 bits per heavy atom. The maximum absolute atomic E-state index is 3.66. The maximum Gasteiger partial charge on any atom is -0.0184 e. The molecule has 0 aromatic rings. The van der Waals surface area contributed by atoms with E-state index in [0.717, 1.165) is 11.8 Å². The Kier molecular flexibility index (Phi) is 4.93. The number of hydrogen-bond acceptors (Lipinski definition) is 0. The van der Waals surface area contributed by atoms with Crippen LogP contribution in [-0.4, -0.2) is 0 Å². The van der Waals surface area contributed by atoms with Gasteiger partial charge in [-0.25, -0.2) is 0 Å². The van der Waals surface area contributed by atoms with E-state index in [1.54, 1.807) is 0 Å². The minimum Gasteiger partial charge on any atom is -0.0991 e. The van der Waals surface area contributed by atoms with Crippen LogP contribution in [0.2, 0.25) is 0 Å². The Labute approximate surface area is 71.0 Å². The van der Waals surface area contributed by atoms with Gasteiger partial charge in [0, 0.05) is 0 Å². The van der Waals surface area contributed by atoms with Crippen molar-refractivity contribution in [3.05, 3.63) is 24.8 Å². The van der Waals surface area contributed by atoms with Crippen LogP contribution in [0, 0.1) is 17.8 Å². The Balaban J connectivity index is 4.10. The lowest BCUT2D eigenvalue weighted by Crippen LogP contribution is -2.12. The van der Waals surface area contributed by atoms with E-state index in [2.05, 4.69) is 40.3 Å². The molecule has 0 rings (SSSR count). The zero-order valence-electron chi connectivity index (χ0n) is 8.17. The van der Waals surface area contributed by atoms with Crippen LogP contribution in [0.1, 0.15) is 27.7 Å². The van der Waals surface area contributed by atoms with Crippen LogP contribution in [0.4, 0.5) is 0 Å². The van der Waals surface area contributed by atoms with E-state index in [9.17, 15) is 0 Å². The van der Waals surface area contributed by atoms with Crippen molar-refractivity contribution in [2.45, 2.75) is 27.7 Å². The summed E-state index contributed by atoms with van der Waals surface area (Å²) in [4.78, 5) is 0. The lowest BCUT2D eigenvalue weighted by molar-refractivity contribution is 0.356. The maximum atomic E-state index is 3.66. The highest BCUT2D eigenvalue weighted by Crippen LogP contribution is 2.21. The molecule has 0 heterocycles. The van der Waals surface area contributed by atoms with Gasteiger partial charge in [-0.1, -0.05) is 52.5 Å². The summed E-state index contributed by atoms with van der Waals surface area (Å²) in [6.07, 6.45) is 6.14. The second kappa shape index (κ2) is 5.17. The zero-order valence-corrected chi connectivity index (χ0v) is 8.17. The Morgan fingerprint density at radius 3 is 1.73 bits per heavy atom. The summed E-state index contributed by atoms with van der Waals surface area (Å²) in [6, 6.07) is 0. The first-order valence-corrected chi connectivity index (χ1v) is 4.38. The van der Waals surface area contributed by atoms with Gasteiger partial charge in [0.1, 0.15) is 0 Å². The Hall–Kier alpha value is -0.520. The molecule has 0 aromatic carbocycles. The molecule has 0 amide bonds. The van der Waals surface area contributed by atoms with Crippen molar-refractivity contribution >= 4 is 0 Å². The van der Waals surface area contributed by atoms with Crippen molar-refractivity contribution in [1.29, 1.82) is 0 Å². The highest BCUT2D eigenvalue weighted by Gasteiger charge is 2.12. The molecule has 0 saturated heterocycles. The molecule has 64 valence electrons. The van der Waals surface area contributed by atoms with Gasteiger partial charge in [0.2, 0.25) is 0 Å². The smallest absolute Gasteiger partial charge is 0.0184 e. The molecule has 0 aliphatic rings. The van der Waals surface area contributed by atoms with Gasteiger partial charge >= 0.3 is 0 Å². The van der Waals surface area contributed by atoms with Crippen molar-refractivity contribution < 1.29 is 0 Å². The van der Waals surface area contributed by atoms with Crippen LogP contribution >= 0.6 is 0 Å². The van der Waals surface area contributed by atoms with Crippen LogP contribution in [-0.2, 0) is 0 Å². The third kappa shape index (κ3) is 4.02. The molecule has 0 atom stereocenters. The molecular weight excluding hydrogens is 132 g/mol. The minimum atomic E-state index is 0.688. The molecule has 0 radical (unpaired) electrons. The van der Waals surface area contributed by atoms with Crippen molar-refractivity contribution in [2.24, 2.45) is 17.8 Å². The number of allylic oxidation sites excluding steroid dienone is 3. The first kappa shape index (κ1) is 10.5. The van der Waals surface area contributed by atoms with Gasteiger partial charge in [-0.05, 0) is 17.8 Å². The van der Waals surface area contributed by atoms with E-state index < -0.39 is 0 Å². The fraction of sp³-hybridized carbons (Fsp3) is 0.636. The topological polar surface area (TPSA) is 0 Å². The monoisotopic (exact) mass is 152 g/mol. The molecule has 0 fully saturated rings. The molecule has 0 aliphatic heterocycles. The highest BCUT2D eigenvalue weighted by atomic mass is 14.2. The molecule has 0 heteroatoms. The molecule has 0 N–H and O–H groups in total. The normalized spacial score (nSPS) is 12.3. The average Bonchev–Trinajstić information content (AvgIpc) is 1.87. The van der Waals surface area contributed by atoms with Crippen LogP contribution in [0.25, 0.3) is 0 Å². The van der Waals surface area contributed by atoms with Crippen molar-refractivity contribution in [3.8, 4) is 0 Å². The van der Waals surface area contributed by atoms with E-state index in [4.69, 9.17) is 0 Å². The predicted molar refractivity (Wildman–Crippen MR) is 52.5 cm³/mol. The summed E-state index contributed by atoms with van der Waals surface area (Å²) in [5, 5.41) is 0. The largest absolute Gasteiger partial charge is 0.0991 e. The van der Waals surface area contributed by atoms with Crippen molar-refractivity contribution in [1.82, 2.24) is 0 Å². The zero-order chi connectivity index (χ0) is 8.85. The lowest BCUT2D eigenvalue weighted by Gasteiger charge is -2.20. The summed E-state index contributed by atoms with van der Waals surface area (Å²) in [6.45, 7) is 12.7. The van der Waals surface area contributed by atoms with Gasteiger partial charge in [-0.3, -0.25) is 0 Å². The van der Waals surface area contributed by atoms with Crippen molar-refractivity contribution in [2.75, 3.05) is 0 Å². The van der Waals surface area contributed by atoms with Gasteiger partial charge in [0.15, 0.2) is 0 Å². The minimum absolute atomic E-state index is 0.688. The van der Waals surface area contributed by atoms with E-state index in [0.29, 0.717) is 5.92 Å². The van der Waals surface area contributed by atoms with Crippen LogP contribution in [0.3, 0.4) is 0 Å². The molecule has 0 aromatic heterocycles. The molecule has 0 spiro atoms. The standard InChI is InChI=1S/C11H20/c1-6-7-8-11(9(2)3)10(4)5/h6-11H,1H2,2-5H3. The first-order valence-electron chi connectivity index (χ1n) is 4.38. The van der Waals surface area contributed by atoms with Gasteiger partial charge in [0.25, 0.3) is 0 Å². The summed E-state index contributed by atoms with van der Waals surface area (Å²) in [5.74, 6) is 2.14. The predicted octanol–water partition coefficient (Wildman–Crippen LogP) is 3.66.